The van der Waals surface area contributed by atoms with Crippen LogP contribution in [0.3, 0.4) is 0 Å². The van der Waals surface area contributed by atoms with Gasteiger partial charge in [0.05, 0.1) is 4.91 Å². The number of imide groups is 1. The molecule has 2 aromatic carbocycles. The maximum Gasteiger partial charge on any atom is 0.290 e. The highest BCUT2D eigenvalue weighted by Gasteiger charge is 2.24. The first-order chi connectivity index (χ1) is 12.9. The van der Waals surface area contributed by atoms with Crippen LogP contribution in [0.25, 0.3) is 6.08 Å². The summed E-state index contributed by atoms with van der Waals surface area (Å²) in [5, 5.41) is 4.66. The van der Waals surface area contributed by atoms with Gasteiger partial charge in [0.25, 0.3) is 17.1 Å². The van der Waals surface area contributed by atoms with Gasteiger partial charge in [0, 0.05) is 5.69 Å². The number of carbonyl (C=O) groups is 3. The molecule has 1 fully saturated rings. The maximum atomic E-state index is 12.1. The van der Waals surface area contributed by atoms with Gasteiger partial charge in [-0.05, 0) is 61.0 Å². The Morgan fingerprint density at radius 1 is 1.15 bits per heavy atom. The molecule has 1 aliphatic heterocycles. The fourth-order valence-corrected chi connectivity index (χ4v) is 3.20. The zero-order valence-electron chi connectivity index (χ0n) is 14.9. The quantitative estimate of drug-likeness (QED) is 0.771. The Labute approximate surface area is 161 Å². The summed E-state index contributed by atoms with van der Waals surface area (Å²) < 4.78 is 5.50. The highest BCUT2D eigenvalue weighted by Crippen LogP contribution is 2.26. The van der Waals surface area contributed by atoms with Crippen molar-refractivity contribution in [3.05, 3.63) is 64.1 Å². The fraction of sp³-hybridized carbons (Fsp3) is 0.150. The van der Waals surface area contributed by atoms with Crippen LogP contribution in [-0.2, 0) is 9.59 Å². The van der Waals surface area contributed by atoms with Crippen molar-refractivity contribution in [2.45, 2.75) is 13.8 Å². The first-order valence-electron chi connectivity index (χ1n) is 8.25. The molecule has 0 unspecified atom stereocenters. The molecule has 0 aromatic heterocycles. The fourth-order valence-electron chi connectivity index (χ4n) is 2.52. The van der Waals surface area contributed by atoms with E-state index < -0.39 is 5.91 Å². The molecule has 2 aromatic rings. The summed E-state index contributed by atoms with van der Waals surface area (Å²) in [6.45, 7) is 3.82. The highest BCUT2D eigenvalue weighted by molar-refractivity contribution is 8.18. The largest absolute Gasteiger partial charge is 0.484 e. The molecule has 6 nitrogen and oxygen atoms in total. The zero-order valence-corrected chi connectivity index (χ0v) is 15.7. The lowest BCUT2D eigenvalue weighted by atomic mass is 10.1. The molecular formula is C20H18N2O4S. The van der Waals surface area contributed by atoms with E-state index in [-0.39, 0.29) is 17.8 Å². The van der Waals surface area contributed by atoms with Crippen molar-refractivity contribution in [1.82, 2.24) is 5.32 Å². The minimum Gasteiger partial charge on any atom is -0.484 e. The van der Waals surface area contributed by atoms with Crippen LogP contribution in [0.15, 0.2) is 47.4 Å². The van der Waals surface area contributed by atoms with E-state index >= 15 is 0 Å². The zero-order chi connectivity index (χ0) is 19.4. The number of aryl methyl sites for hydroxylation is 2. The van der Waals surface area contributed by atoms with Gasteiger partial charge >= 0.3 is 0 Å². The van der Waals surface area contributed by atoms with Crippen LogP contribution in [0.5, 0.6) is 5.75 Å². The Balaban J connectivity index is 1.55. The third-order valence-electron chi connectivity index (χ3n) is 3.85. The number of amides is 3. The molecular weight excluding hydrogens is 364 g/mol. The van der Waals surface area contributed by atoms with Crippen molar-refractivity contribution in [2.24, 2.45) is 0 Å². The van der Waals surface area contributed by atoms with E-state index in [4.69, 9.17) is 4.74 Å². The van der Waals surface area contributed by atoms with E-state index in [9.17, 15) is 14.4 Å². The summed E-state index contributed by atoms with van der Waals surface area (Å²) in [6, 6.07) is 12.7. The van der Waals surface area contributed by atoms with E-state index in [0.29, 0.717) is 10.7 Å². The number of hydrogen-bond donors (Lipinski definition) is 2. The average molecular weight is 382 g/mol. The number of carbonyl (C=O) groups excluding carboxylic acids is 3. The molecule has 0 radical (unpaired) electrons. The summed E-state index contributed by atoms with van der Waals surface area (Å²) >= 11 is 0.867. The van der Waals surface area contributed by atoms with Gasteiger partial charge in [-0.15, -0.1) is 0 Å². The SMILES string of the molecule is Cc1ccc(NC(=O)COc2ccc(/C=C3\SC(=O)NC3=O)cc2)c(C)c1. The van der Waals surface area contributed by atoms with E-state index in [2.05, 4.69) is 10.6 Å². The lowest BCUT2D eigenvalue weighted by Gasteiger charge is -2.10. The summed E-state index contributed by atoms with van der Waals surface area (Å²) in [6.07, 6.45) is 1.63. The van der Waals surface area contributed by atoms with Gasteiger partial charge in [0.2, 0.25) is 0 Å². The molecule has 1 aliphatic rings. The van der Waals surface area contributed by atoms with Gasteiger partial charge < -0.3 is 10.1 Å². The van der Waals surface area contributed by atoms with Crippen molar-refractivity contribution < 1.29 is 19.1 Å². The number of anilines is 1. The van der Waals surface area contributed by atoms with Crippen LogP contribution >= 0.6 is 11.8 Å². The predicted molar refractivity (Wildman–Crippen MR) is 106 cm³/mol. The number of thioether (sulfide) groups is 1. The second-order valence-electron chi connectivity index (χ2n) is 6.08. The Hall–Kier alpha value is -3.06. The van der Waals surface area contributed by atoms with Crippen LogP contribution in [0, 0.1) is 13.8 Å². The third-order valence-corrected chi connectivity index (χ3v) is 4.66. The molecule has 0 aliphatic carbocycles. The Bertz CT molecular complexity index is 935. The molecule has 3 amide bonds. The Morgan fingerprint density at radius 3 is 2.52 bits per heavy atom. The van der Waals surface area contributed by atoms with Gasteiger partial charge in [-0.2, -0.15) is 0 Å². The van der Waals surface area contributed by atoms with Crippen molar-refractivity contribution >= 4 is 40.6 Å². The lowest BCUT2D eigenvalue weighted by molar-refractivity contribution is -0.118. The van der Waals surface area contributed by atoms with Crippen molar-refractivity contribution in [2.75, 3.05) is 11.9 Å². The van der Waals surface area contributed by atoms with E-state index in [1.165, 1.54) is 0 Å². The molecule has 0 atom stereocenters. The molecule has 1 saturated heterocycles. The van der Waals surface area contributed by atoms with Crippen LogP contribution in [0.4, 0.5) is 10.5 Å². The van der Waals surface area contributed by atoms with Gasteiger partial charge in [0.15, 0.2) is 6.61 Å². The lowest BCUT2D eigenvalue weighted by Crippen LogP contribution is -2.20. The smallest absolute Gasteiger partial charge is 0.290 e. The molecule has 27 heavy (non-hydrogen) atoms. The number of ether oxygens (including phenoxy) is 1. The monoisotopic (exact) mass is 382 g/mol. The number of benzene rings is 2. The van der Waals surface area contributed by atoms with E-state index in [0.717, 1.165) is 34.1 Å². The summed E-state index contributed by atoms with van der Waals surface area (Å²) in [5.74, 6) is -0.105. The molecule has 0 bridgehead atoms. The summed E-state index contributed by atoms with van der Waals surface area (Å²) in [4.78, 5) is 35.1. The number of hydrogen-bond acceptors (Lipinski definition) is 5. The Morgan fingerprint density at radius 2 is 1.89 bits per heavy atom. The first kappa shape index (κ1) is 18.7. The van der Waals surface area contributed by atoms with Crippen LogP contribution in [0.1, 0.15) is 16.7 Å². The summed E-state index contributed by atoms with van der Waals surface area (Å²) in [5.41, 5.74) is 3.65. The number of nitrogens with one attached hydrogen (secondary N) is 2. The van der Waals surface area contributed by atoms with Crippen molar-refractivity contribution in [3.63, 3.8) is 0 Å². The minimum atomic E-state index is -0.395. The van der Waals surface area contributed by atoms with Crippen LogP contribution in [0.2, 0.25) is 0 Å². The average Bonchev–Trinajstić information content (AvgIpc) is 2.94. The first-order valence-corrected chi connectivity index (χ1v) is 9.07. The standard InChI is InChI=1S/C20H18N2O4S/c1-12-3-8-16(13(2)9-12)21-18(23)11-26-15-6-4-14(5-7-15)10-17-19(24)22-20(25)27-17/h3-10H,11H2,1-2H3,(H,21,23)(H,22,24,25)/b17-10-. The number of rotatable bonds is 5. The molecule has 3 rings (SSSR count). The molecule has 138 valence electrons. The summed E-state index contributed by atoms with van der Waals surface area (Å²) in [7, 11) is 0. The third kappa shape index (κ3) is 4.98. The van der Waals surface area contributed by atoms with E-state index in [1.807, 2.05) is 32.0 Å². The minimum absolute atomic E-state index is 0.111. The Kier molecular flexibility index (Phi) is 5.61. The molecule has 2 N–H and O–H groups in total. The molecule has 1 heterocycles. The van der Waals surface area contributed by atoms with Gasteiger partial charge in [0.1, 0.15) is 5.75 Å². The van der Waals surface area contributed by atoms with Crippen LogP contribution < -0.4 is 15.4 Å². The second kappa shape index (κ2) is 8.09. The maximum absolute atomic E-state index is 12.1. The molecule has 0 saturated carbocycles. The second-order valence-corrected chi connectivity index (χ2v) is 7.09. The van der Waals surface area contributed by atoms with Crippen molar-refractivity contribution in [3.8, 4) is 5.75 Å². The highest BCUT2D eigenvalue weighted by atomic mass is 32.2. The van der Waals surface area contributed by atoms with Gasteiger partial charge in [-0.3, -0.25) is 19.7 Å². The topological polar surface area (TPSA) is 84.5 Å². The van der Waals surface area contributed by atoms with Gasteiger partial charge in [-0.1, -0.05) is 29.8 Å². The van der Waals surface area contributed by atoms with Gasteiger partial charge in [-0.25, -0.2) is 0 Å². The normalized spacial score (nSPS) is 15.0. The van der Waals surface area contributed by atoms with Crippen molar-refractivity contribution in [1.29, 1.82) is 0 Å². The van der Waals surface area contributed by atoms with Crippen LogP contribution in [-0.4, -0.2) is 23.7 Å². The predicted octanol–water partition coefficient (Wildman–Crippen LogP) is 3.64. The van der Waals surface area contributed by atoms with E-state index in [1.54, 1.807) is 30.3 Å². The molecule has 7 heteroatoms. The molecule has 0 spiro atoms.